The molecule has 134 valence electrons. The predicted molar refractivity (Wildman–Crippen MR) is 101 cm³/mol. The van der Waals surface area contributed by atoms with E-state index in [-0.39, 0.29) is 0 Å². The van der Waals surface area contributed by atoms with Crippen LogP contribution in [0.2, 0.25) is 10.0 Å². The lowest BCUT2D eigenvalue weighted by molar-refractivity contribution is -0.136. The molecule has 0 unspecified atom stereocenters. The fourth-order valence-corrected chi connectivity index (χ4v) is 2.77. The molecule has 0 radical (unpaired) electrons. The molecule has 0 saturated carbocycles. The Morgan fingerprint density at radius 2 is 1.54 bits per heavy atom. The van der Waals surface area contributed by atoms with E-state index in [1.54, 1.807) is 12.1 Å². The van der Waals surface area contributed by atoms with Crippen LogP contribution >= 0.6 is 23.2 Å². The number of unbranched alkanes of at least 4 members (excludes halogenated alkanes) is 7. The highest BCUT2D eigenvalue weighted by molar-refractivity contribution is 6.42. The summed E-state index contributed by atoms with van der Waals surface area (Å²) in [7, 11) is 0. The fraction of sp³-hybridized carbons (Fsp3) is 0.556. The Morgan fingerprint density at radius 1 is 0.917 bits per heavy atom. The van der Waals surface area contributed by atoms with Gasteiger partial charge in [0.25, 0.3) is 0 Å². The molecule has 4 nitrogen and oxygen atoms in total. The molecule has 6 heteroatoms. The monoisotopic (exact) mass is 372 g/mol. The van der Waals surface area contributed by atoms with Crippen molar-refractivity contribution < 1.29 is 9.59 Å². The molecular formula is C18H26Cl2N2O2. The van der Waals surface area contributed by atoms with Crippen LogP contribution in [0.5, 0.6) is 0 Å². The Hall–Kier alpha value is -1.26. The van der Waals surface area contributed by atoms with Crippen LogP contribution in [0.25, 0.3) is 0 Å². The summed E-state index contributed by atoms with van der Waals surface area (Å²) >= 11 is 11.7. The Kier molecular flexibility index (Phi) is 10.5. The minimum Gasteiger partial charge on any atom is -0.348 e. The summed E-state index contributed by atoms with van der Waals surface area (Å²) < 4.78 is 0. The van der Waals surface area contributed by atoms with Gasteiger partial charge in [-0.2, -0.15) is 0 Å². The Morgan fingerprint density at radius 3 is 2.17 bits per heavy atom. The first kappa shape index (κ1) is 20.8. The van der Waals surface area contributed by atoms with Gasteiger partial charge in [0.05, 0.1) is 10.7 Å². The van der Waals surface area contributed by atoms with Gasteiger partial charge >= 0.3 is 11.8 Å². The molecule has 0 aromatic heterocycles. The highest BCUT2D eigenvalue weighted by Crippen LogP contribution is 2.25. The maximum absolute atomic E-state index is 11.8. The van der Waals surface area contributed by atoms with Crippen LogP contribution in [-0.2, 0) is 9.59 Å². The molecule has 0 aliphatic rings. The molecule has 0 heterocycles. The number of benzene rings is 1. The molecule has 0 saturated heterocycles. The third-order valence-electron chi connectivity index (χ3n) is 3.70. The third kappa shape index (κ3) is 8.55. The molecule has 1 rings (SSSR count). The van der Waals surface area contributed by atoms with Crippen LogP contribution in [0.1, 0.15) is 58.3 Å². The van der Waals surface area contributed by atoms with Crippen LogP contribution in [0, 0.1) is 0 Å². The molecule has 0 fully saturated rings. The van der Waals surface area contributed by atoms with Crippen LogP contribution in [0.3, 0.4) is 0 Å². The molecule has 0 spiro atoms. The van der Waals surface area contributed by atoms with Gasteiger partial charge in [0.1, 0.15) is 0 Å². The Labute approximate surface area is 154 Å². The van der Waals surface area contributed by atoms with Crippen LogP contribution in [-0.4, -0.2) is 18.4 Å². The Balaban J connectivity index is 2.15. The summed E-state index contributed by atoms with van der Waals surface area (Å²) in [6.45, 7) is 2.72. The van der Waals surface area contributed by atoms with E-state index >= 15 is 0 Å². The van der Waals surface area contributed by atoms with Crippen molar-refractivity contribution in [2.45, 2.75) is 58.3 Å². The molecule has 24 heavy (non-hydrogen) atoms. The summed E-state index contributed by atoms with van der Waals surface area (Å²) in [5.41, 5.74) is 0.369. The van der Waals surface area contributed by atoms with Gasteiger partial charge in [-0.1, -0.05) is 75.1 Å². The number of rotatable bonds is 10. The smallest absolute Gasteiger partial charge is 0.313 e. The van der Waals surface area contributed by atoms with E-state index in [2.05, 4.69) is 17.6 Å². The molecule has 1 aromatic carbocycles. The summed E-state index contributed by atoms with van der Waals surface area (Å²) in [5, 5.41) is 5.87. The van der Waals surface area contributed by atoms with Crippen LogP contribution in [0.15, 0.2) is 18.2 Å². The summed E-state index contributed by atoms with van der Waals surface area (Å²) in [5.74, 6) is -1.37. The van der Waals surface area contributed by atoms with Crippen molar-refractivity contribution >= 4 is 40.7 Å². The number of nitrogens with one attached hydrogen (secondary N) is 2. The van der Waals surface area contributed by atoms with Crippen molar-refractivity contribution in [3.8, 4) is 0 Å². The first-order valence-electron chi connectivity index (χ1n) is 8.58. The zero-order valence-electron chi connectivity index (χ0n) is 14.2. The zero-order chi connectivity index (χ0) is 17.8. The first-order chi connectivity index (χ1) is 11.5. The van der Waals surface area contributed by atoms with E-state index in [4.69, 9.17) is 23.2 Å². The number of amides is 2. The number of anilines is 1. The van der Waals surface area contributed by atoms with Crippen LogP contribution in [0.4, 0.5) is 5.69 Å². The summed E-state index contributed by atoms with van der Waals surface area (Å²) in [6.07, 6.45) is 9.52. The molecule has 0 atom stereocenters. The maximum atomic E-state index is 11.8. The average Bonchev–Trinajstić information content (AvgIpc) is 2.55. The van der Waals surface area contributed by atoms with Gasteiger partial charge < -0.3 is 10.6 Å². The summed E-state index contributed by atoms with van der Waals surface area (Å²) in [4.78, 5) is 23.5. The van der Waals surface area contributed by atoms with Crippen molar-refractivity contribution in [1.82, 2.24) is 5.32 Å². The number of hydrogen-bond acceptors (Lipinski definition) is 2. The van der Waals surface area contributed by atoms with Crippen molar-refractivity contribution in [2.75, 3.05) is 11.9 Å². The van der Waals surface area contributed by atoms with Crippen molar-refractivity contribution in [3.63, 3.8) is 0 Å². The topological polar surface area (TPSA) is 58.2 Å². The largest absolute Gasteiger partial charge is 0.348 e. The second-order valence-corrected chi connectivity index (χ2v) is 6.65. The van der Waals surface area contributed by atoms with E-state index in [1.165, 1.54) is 44.6 Å². The van der Waals surface area contributed by atoms with Gasteiger partial charge in [-0.15, -0.1) is 0 Å². The van der Waals surface area contributed by atoms with Gasteiger partial charge in [-0.25, -0.2) is 0 Å². The third-order valence-corrected chi connectivity index (χ3v) is 4.25. The fourth-order valence-electron chi connectivity index (χ4n) is 2.31. The minimum absolute atomic E-state index is 0.298. The number of hydrogen-bond donors (Lipinski definition) is 2. The molecule has 0 aliphatic carbocycles. The number of carbonyl (C=O) groups is 2. The highest BCUT2D eigenvalue weighted by Gasteiger charge is 2.14. The molecule has 2 amide bonds. The normalized spacial score (nSPS) is 10.5. The molecule has 2 N–H and O–H groups in total. The second kappa shape index (κ2) is 12.2. The second-order valence-electron chi connectivity index (χ2n) is 5.81. The molecule has 0 aliphatic heterocycles. The van der Waals surface area contributed by atoms with Gasteiger partial charge in [0.15, 0.2) is 0 Å². The van der Waals surface area contributed by atoms with Gasteiger partial charge in [-0.05, 0) is 24.6 Å². The SMILES string of the molecule is CCCCCCCCCCNC(=O)C(=O)Nc1ccc(Cl)cc1Cl. The lowest BCUT2D eigenvalue weighted by atomic mass is 10.1. The number of halogens is 2. The van der Waals surface area contributed by atoms with Gasteiger partial charge in [0, 0.05) is 11.6 Å². The molecular weight excluding hydrogens is 347 g/mol. The van der Waals surface area contributed by atoms with Gasteiger partial charge in [0.2, 0.25) is 0 Å². The quantitative estimate of drug-likeness (QED) is 0.438. The Bertz CT molecular complexity index is 536. The summed E-state index contributed by atoms with van der Waals surface area (Å²) in [6, 6.07) is 4.67. The van der Waals surface area contributed by atoms with Gasteiger partial charge in [-0.3, -0.25) is 9.59 Å². The van der Waals surface area contributed by atoms with Crippen molar-refractivity contribution in [2.24, 2.45) is 0 Å². The molecule has 1 aromatic rings. The number of carbonyl (C=O) groups excluding carboxylic acids is 2. The maximum Gasteiger partial charge on any atom is 0.313 e. The van der Waals surface area contributed by atoms with E-state index < -0.39 is 11.8 Å². The molecule has 0 bridgehead atoms. The highest BCUT2D eigenvalue weighted by atomic mass is 35.5. The van der Waals surface area contributed by atoms with E-state index in [0.717, 1.165) is 12.8 Å². The lowest BCUT2D eigenvalue weighted by Gasteiger charge is -2.08. The average molecular weight is 373 g/mol. The van der Waals surface area contributed by atoms with E-state index in [1.807, 2.05) is 0 Å². The van der Waals surface area contributed by atoms with Crippen molar-refractivity contribution in [1.29, 1.82) is 0 Å². The first-order valence-corrected chi connectivity index (χ1v) is 9.34. The van der Waals surface area contributed by atoms with E-state index in [0.29, 0.717) is 22.3 Å². The van der Waals surface area contributed by atoms with Crippen molar-refractivity contribution in [3.05, 3.63) is 28.2 Å². The van der Waals surface area contributed by atoms with E-state index in [9.17, 15) is 9.59 Å². The zero-order valence-corrected chi connectivity index (χ0v) is 15.7. The lowest BCUT2D eigenvalue weighted by Crippen LogP contribution is -2.35. The minimum atomic E-state index is -0.723. The predicted octanol–water partition coefficient (Wildman–Crippen LogP) is 5.19. The standard InChI is InChI=1S/C18H26Cl2N2O2/c1-2-3-4-5-6-7-8-9-12-21-17(23)18(24)22-16-11-10-14(19)13-15(16)20/h10-11,13H,2-9,12H2,1H3,(H,21,23)(H,22,24). The van der Waals surface area contributed by atoms with Crippen LogP contribution < -0.4 is 10.6 Å².